The highest BCUT2D eigenvalue weighted by atomic mass is 16.1. The fourth-order valence-electron chi connectivity index (χ4n) is 0. The Hall–Kier alpha value is -0.660. The van der Waals surface area contributed by atoms with Crippen molar-refractivity contribution in [2.24, 2.45) is 0 Å². The summed E-state index contributed by atoms with van der Waals surface area (Å²) in [6.45, 7) is 3.22. The second kappa shape index (κ2) is 1.64. The first kappa shape index (κ1) is 4.34. The van der Waals surface area contributed by atoms with E-state index in [1.807, 2.05) is 0 Å². The van der Waals surface area contributed by atoms with E-state index >= 15 is 0 Å². The van der Waals surface area contributed by atoms with Gasteiger partial charge in [0, 0.05) is 0 Å². The van der Waals surface area contributed by atoms with Crippen molar-refractivity contribution in [2.45, 2.75) is 0 Å². The molecule has 0 aliphatic rings. The molecule has 0 saturated heterocycles. The van der Waals surface area contributed by atoms with Gasteiger partial charge in [0.2, 0.25) is 0 Å². The van der Waals surface area contributed by atoms with Crippen molar-refractivity contribution >= 4 is 13.1 Å². The topological polar surface area (TPSA) is 20.1 Å². The van der Waals surface area contributed by atoms with Crippen LogP contribution in [0, 0.1) is 0 Å². The fourth-order valence-corrected chi connectivity index (χ4v) is 0. The Bertz CT molecular complexity index is 57.9. The van der Waals surface area contributed by atoms with Gasteiger partial charge in [-0.25, -0.2) is 4.79 Å². The van der Waals surface area contributed by atoms with Gasteiger partial charge >= 0.3 is 6.41 Å². The molecule has 5 heavy (non-hydrogen) atoms. The van der Waals surface area contributed by atoms with Crippen LogP contribution in [-0.4, -0.2) is 24.8 Å². The van der Waals surface area contributed by atoms with Crippen LogP contribution < -0.4 is 0 Å². The Morgan fingerprint density at radius 3 is 2.20 bits per heavy atom. The average molecular weight is 72.1 g/mol. The van der Waals surface area contributed by atoms with Crippen molar-refractivity contribution < 1.29 is 9.37 Å². The van der Waals surface area contributed by atoms with Gasteiger partial charge < -0.3 is 0 Å². The van der Waals surface area contributed by atoms with E-state index in [0.717, 1.165) is 0 Å². The lowest BCUT2D eigenvalue weighted by Crippen LogP contribution is -1.94. The highest BCUT2D eigenvalue weighted by molar-refractivity contribution is 5.39. The first-order valence-corrected chi connectivity index (χ1v) is 1.26. The van der Waals surface area contributed by atoms with Gasteiger partial charge in [-0.05, 0) is 0 Å². The molecule has 0 aliphatic carbocycles. The summed E-state index contributed by atoms with van der Waals surface area (Å²) in [6, 6.07) is 0. The predicted molar refractivity (Wildman–Crippen MR) is 19.4 cm³/mol. The van der Waals surface area contributed by atoms with E-state index in [1.165, 1.54) is 4.58 Å². The lowest BCUT2D eigenvalue weighted by Gasteiger charge is -1.63. The maximum atomic E-state index is 9.37. The van der Waals surface area contributed by atoms with E-state index < -0.39 is 0 Å². The van der Waals surface area contributed by atoms with Gasteiger partial charge in [-0.15, -0.1) is 0 Å². The number of carbonyl (C=O) groups is 1. The lowest BCUT2D eigenvalue weighted by atomic mass is 11.1. The first-order chi connectivity index (χ1) is 2.27. The van der Waals surface area contributed by atoms with E-state index in [4.69, 9.17) is 0 Å². The largest absolute Gasteiger partial charge is 0.374 e. The molecule has 0 aliphatic heterocycles. The Labute approximate surface area is 30.7 Å². The van der Waals surface area contributed by atoms with Crippen LogP contribution in [0.4, 0.5) is 0 Å². The number of hydrogen-bond donors (Lipinski definition) is 0. The van der Waals surface area contributed by atoms with Crippen LogP contribution in [0.2, 0.25) is 0 Å². The molecule has 0 N–H and O–H groups in total. The molecule has 0 spiro atoms. The minimum atomic E-state index is 0.639. The second-order valence-corrected chi connectivity index (χ2v) is 0.862. The molecule has 1 amide bonds. The number of rotatable bonds is 1. The van der Waals surface area contributed by atoms with Crippen LogP contribution in [0.5, 0.6) is 0 Å². The monoisotopic (exact) mass is 72.0 g/mol. The zero-order chi connectivity index (χ0) is 4.28. The summed E-state index contributed by atoms with van der Waals surface area (Å²) in [6.07, 6.45) is 0.639. The molecular weight excluding hydrogens is 66.0 g/mol. The van der Waals surface area contributed by atoms with Gasteiger partial charge in [0.05, 0.1) is 0 Å². The third kappa shape index (κ3) is 3.34. The summed E-state index contributed by atoms with van der Waals surface area (Å²) in [5.74, 6) is 0. The Morgan fingerprint density at radius 2 is 2.20 bits per heavy atom. The third-order valence-electron chi connectivity index (χ3n) is 0.180. The normalized spacial score (nSPS) is 6.60. The van der Waals surface area contributed by atoms with Crippen molar-refractivity contribution in [2.75, 3.05) is 7.05 Å². The highest BCUT2D eigenvalue weighted by Crippen LogP contribution is 1.37. The van der Waals surface area contributed by atoms with Crippen LogP contribution in [0.25, 0.3) is 0 Å². The van der Waals surface area contributed by atoms with E-state index in [2.05, 4.69) is 6.72 Å². The number of hydrogen-bond acceptors (Lipinski definition) is 1. The molecule has 0 bridgehead atoms. The number of amides is 1. The van der Waals surface area contributed by atoms with Gasteiger partial charge in [0.15, 0.2) is 0 Å². The summed E-state index contributed by atoms with van der Waals surface area (Å²) < 4.78 is 1.19. The van der Waals surface area contributed by atoms with Gasteiger partial charge in [-0.1, -0.05) is 0 Å². The molecule has 0 fully saturated rings. The van der Waals surface area contributed by atoms with Gasteiger partial charge in [0.1, 0.15) is 13.8 Å². The maximum Gasteiger partial charge on any atom is 0.374 e. The zero-order valence-corrected chi connectivity index (χ0v) is 3.14. The first-order valence-electron chi connectivity index (χ1n) is 1.26. The van der Waals surface area contributed by atoms with E-state index in [9.17, 15) is 4.79 Å². The molecule has 28 valence electrons. The van der Waals surface area contributed by atoms with Crippen LogP contribution >= 0.6 is 0 Å². The molecule has 0 saturated carbocycles. The van der Waals surface area contributed by atoms with Crippen LogP contribution in [0.15, 0.2) is 0 Å². The van der Waals surface area contributed by atoms with E-state index in [-0.39, 0.29) is 0 Å². The van der Waals surface area contributed by atoms with Gasteiger partial charge in [0.25, 0.3) is 0 Å². The van der Waals surface area contributed by atoms with Gasteiger partial charge in [-0.2, -0.15) is 4.58 Å². The van der Waals surface area contributed by atoms with Crippen molar-refractivity contribution in [1.82, 2.24) is 0 Å². The molecule has 0 atom stereocenters. The summed E-state index contributed by atoms with van der Waals surface area (Å²) in [7, 11) is 1.58. The van der Waals surface area contributed by atoms with Crippen LogP contribution in [0.3, 0.4) is 0 Å². The van der Waals surface area contributed by atoms with Crippen molar-refractivity contribution in [3.8, 4) is 0 Å². The summed E-state index contributed by atoms with van der Waals surface area (Å²) >= 11 is 0. The molecule has 0 aromatic rings. The number of carbonyl (C=O) groups excluding carboxylic acids is 1. The zero-order valence-electron chi connectivity index (χ0n) is 3.14. The Morgan fingerprint density at radius 1 is 2.00 bits per heavy atom. The molecule has 2 nitrogen and oxygen atoms in total. The van der Waals surface area contributed by atoms with E-state index in [1.54, 1.807) is 7.05 Å². The molecule has 0 rings (SSSR count). The number of nitrogens with zero attached hydrogens (tertiary/aromatic N) is 1. The third-order valence-corrected chi connectivity index (χ3v) is 0.180. The standard InChI is InChI=1S/C3H6NO/c1-4(2)3-5/h3H,1H2,2H3/q+1. The molecule has 0 aromatic carbocycles. The summed E-state index contributed by atoms with van der Waals surface area (Å²) in [5, 5.41) is 0. The average Bonchev–Trinajstić information content (AvgIpc) is 1.38. The second-order valence-electron chi connectivity index (χ2n) is 0.862. The summed E-state index contributed by atoms with van der Waals surface area (Å²) in [5.41, 5.74) is 0. The maximum absolute atomic E-state index is 9.37. The molecule has 0 unspecified atom stereocenters. The molecule has 2 heteroatoms. The smallest absolute Gasteiger partial charge is 0.223 e. The van der Waals surface area contributed by atoms with Crippen molar-refractivity contribution in [3.05, 3.63) is 0 Å². The summed E-state index contributed by atoms with van der Waals surface area (Å²) in [4.78, 5) is 9.37. The molecule has 0 heterocycles. The molecular formula is C3H6NO+. The molecule has 0 radical (unpaired) electrons. The molecule has 0 aromatic heterocycles. The quantitative estimate of drug-likeness (QED) is 0.232. The fraction of sp³-hybridized carbons (Fsp3) is 0.333. The van der Waals surface area contributed by atoms with Crippen LogP contribution in [-0.2, 0) is 4.79 Å². The van der Waals surface area contributed by atoms with E-state index in [0.29, 0.717) is 6.41 Å². The van der Waals surface area contributed by atoms with Gasteiger partial charge in [-0.3, -0.25) is 0 Å². The highest BCUT2D eigenvalue weighted by Gasteiger charge is 1.71. The Balaban J connectivity index is 3.20. The minimum Gasteiger partial charge on any atom is -0.223 e. The SMILES string of the molecule is C=[N+](C)C=O. The predicted octanol–water partition coefficient (Wildman–Crippen LogP) is -0.514. The van der Waals surface area contributed by atoms with Crippen molar-refractivity contribution in [1.29, 1.82) is 0 Å². The van der Waals surface area contributed by atoms with Crippen LogP contribution in [0.1, 0.15) is 0 Å². The lowest BCUT2D eigenvalue weighted by molar-refractivity contribution is -0.392. The van der Waals surface area contributed by atoms with Crippen molar-refractivity contribution in [3.63, 3.8) is 0 Å². The Kier molecular flexibility index (Phi) is 1.42. The minimum absolute atomic E-state index is 0.639.